The van der Waals surface area contributed by atoms with Crippen LogP contribution in [0, 0.1) is 11.3 Å². The SMILES string of the molecule is N#C[C@@H]1[C@@H](c2ccccc2C2=CCCCC2)[C@@H](CO)N1C(=O)NC1CCCCC1. The van der Waals surface area contributed by atoms with E-state index in [1.165, 1.54) is 30.4 Å². The normalized spacial score (nSPS) is 27.5. The average Bonchev–Trinajstić information content (AvgIpc) is 2.75. The molecule has 1 aromatic rings. The maximum atomic E-state index is 12.9. The van der Waals surface area contributed by atoms with Gasteiger partial charge in [0.05, 0.1) is 18.7 Å². The molecule has 1 aliphatic heterocycles. The van der Waals surface area contributed by atoms with Gasteiger partial charge >= 0.3 is 6.03 Å². The summed E-state index contributed by atoms with van der Waals surface area (Å²) in [5, 5.41) is 23.1. The highest BCUT2D eigenvalue weighted by atomic mass is 16.3. The van der Waals surface area contributed by atoms with E-state index in [9.17, 15) is 15.2 Å². The van der Waals surface area contributed by atoms with Crippen LogP contribution < -0.4 is 5.32 Å². The molecule has 3 aliphatic rings. The number of carbonyl (C=O) groups is 1. The van der Waals surface area contributed by atoms with Crippen LogP contribution in [0.15, 0.2) is 30.3 Å². The van der Waals surface area contributed by atoms with Gasteiger partial charge in [-0.2, -0.15) is 5.26 Å². The molecule has 1 saturated carbocycles. The summed E-state index contributed by atoms with van der Waals surface area (Å²) in [6.45, 7) is -0.131. The second-order valence-corrected chi connectivity index (χ2v) is 8.60. The van der Waals surface area contributed by atoms with E-state index >= 15 is 0 Å². The molecule has 29 heavy (non-hydrogen) atoms. The quantitative estimate of drug-likeness (QED) is 0.799. The molecule has 1 saturated heterocycles. The van der Waals surface area contributed by atoms with Gasteiger partial charge in [0.2, 0.25) is 0 Å². The fourth-order valence-corrected chi connectivity index (χ4v) is 5.32. The number of benzene rings is 1. The fraction of sp³-hybridized carbons (Fsp3) is 0.583. The number of amides is 2. The average molecular weight is 394 g/mol. The summed E-state index contributed by atoms with van der Waals surface area (Å²) in [5.74, 6) is -0.152. The number of hydrogen-bond acceptors (Lipinski definition) is 3. The molecule has 0 spiro atoms. The van der Waals surface area contributed by atoms with Gasteiger partial charge in [-0.1, -0.05) is 49.6 Å². The van der Waals surface area contributed by atoms with Gasteiger partial charge in [-0.05, 0) is 55.2 Å². The molecule has 154 valence electrons. The molecule has 1 heterocycles. The Morgan fingerprint density at radius 2 is 1.97 bits per heavy atom. The Balaban J connectivity index is 1.57. The van der Waals surface area contributed by atoms with E-state index in [0.29, 0.717) is 0 Å². The number of rotatable bonds is 4. The minimum Gasteiger partial charge on any atom is -0.394 e. The Morgan fingerprint density at radius 1 is 1.17 bits per heavy atom. The van der Waals surface area contributed by atoms with E-state index in [1.54, 1.807) is 4.90 Å². The van der Waals surface area contributed by atoms with Gasteiger partial charge in [0.25, 0.3) is 0 Å². The minimum atomic E-state index is -0.541. The Labute approximate surface area is 173 Å². The van der Waals surface area contributed by atoms with E-state index < -0.39 is 6.04 Å². The fourth-order valence-electron chi connectivity index (χ4n) is 5.32. The number of aliphatic hydroxyl groups is 1. The molecule has 4 rings (SSSR count). The largest absolute Gasteiger partial charge is 0.394 e. The predicted molar refractivity (Wildman–Crippen MR) is 113 cm³/mol. The number of hydrogen-bond donors (Lipinski definition) is 2. The highest BCUT2D eigenvalue weighted by Gasteiger charge is 2.52. The zero-order chi connectivity index (χ0) is 20.2. The molecule has 0 radical (unpaired) electrons. The van der Waals surface area contributed by atoms with Crippen LogP contribution in [-0.2, 0) is 0 Å². The highest BCUT2D eigenvalue weighted by molar-refractivity contribution is 5.78. The van der Waals surface area contributed by atoms with Crippen molar-refractivity contribution in [3.05, 3.63) is 41.5 Å². The number of nitrogens with one attached hydrogen (secondary N) is 1. The van der Waals surface area contributed by atoms with Gasteiger partial charge in [-0.25, -0.2) is 4.79 Å². The Bertz CT molecular complexity index is 807. The molecule has 0 aromatic heterocycles. The van der Waals surface area contributed by atoms with Crippen LogP contribution in [-0.4, -0.2) is 40.8 Å². The second kappa shape index (κ2) is 9.00. The minimum absolute atomic E-state index is 0.131. The summed E-state index contributed by atoms with van der Waals surface area (Å²) in [5.41, 5.74) is 3.61. The first kappa shape index (κ1) is 20.0. The number of likely N-dealkylation sites (tertiary alicyclic amines) is 1. The lowest BCUT2D eigenvalue weighted by atomic mass is 9.73. The molecule has 2 fully saturated rings. The van der Waals surface area contributed by atoms with Crippen molar-refractivity contribution in [2.24, 2.45) is 0 Å². The Morgan fingerprint density at radius 3 is 2.66 bits per heavy atom. The first-order chi connectivity index (χ1) is 14.2. The third-order valence-corrected chi connectivity index (χ3v) is 6.86. The van der Waals surface area contributed by atoms with Gasteiger partial charge in [-0.15, -0.1) is 0 Å². The summed E-state index contributed by atoms with van der Waals surface area (Å²) in [6.07, 6.45) is 12.4. The van der Waals surface area contributed by atoms with Crippen LogP contribution in [0.5, 0.6) is 0 Å². The maximum Gasteiger partial charge on any atom is 0.319 e. The van der Waals surface area contributed by atoms with Crippen molar-refractivity contribution < 1.29 is 9.90 Å². The maximum absolute atomic E-state index is 12.9. The smallest absolute Gasteiger partial charge is 0.319 e. The van der Waals surface area contributed by atoms with Crippen molar-refractivity contribution in [1.82, 2.24) is 10.2 Å². The van der Waals surface area contributed by atoms with Gasteiger partial charge < -0.3 is 15.3 Å². The third kappa shape index (κ3) is 3.91. The molecule has 2 amide bonds. The van der Waals surface area contributed by atoms with Gasteiger partial charge in [-0.3, -0.25) is 0 Å². The number of carbonyl (C=O) groups excluding carboxylic acids is 1. The Hall–Kier alpha value is -2.32. The number of nitriles is 1. The molecule has 1 aromatic carbocycles. The zero-order valence-corrected chi connectivity index (χ0v) is 17.0. The lowest BCUT2D eigenvalue weighted by molar-refractivity contribution is 0.0152. The topological polar surface area (TPSA) is 76.4 Å². The number of urea groups is 1. The summed E-state index contributed by atoms with van der Waals surface area (Å²) in [7, 11) is 0. The van der Waals surface area contributed by atoms with Gasteiger partial charge in [0, 0.05) is 12.0 Å². The summed E-state index contributed by atoms with van der Waals surface area (Å²) in [4.78, 5) is 14.5. The number of allylic oxidation sites excluding steroid dienone is 2. The van der Waals surface area contributed by atoms with Crippen molar-refractivity contribution in [3.63, 3.8) is 0 Å². The monoisotopic (exact) mass is 393 g/mol. The first-order valence-electron chi connectivity index (χ1n) is 11.1. The van der Waals surface area contributed by atoms with E-state index in [-0.39, 0.29) is 30.6 Å². The van der Waals surface area contributed by atoms with Crippen LogP contribution in [0.4, 0.5) is 4.79 Å². The second-order valence-electron chi connectivity index (χ2n) is 8.60. The molecule has 0 unspecified atom stereocenters. The molecule has 2 N–H and O–H groups in total. The molecule has 5 heteroatoms. The lowest BCUT2D eigenvalue weighted by Crippen LogP contribution is -2.68. The van der Waals surface area contributed by atoms with Gasteiger partial charge in [0.1, 0.15) is 6.04 Å². The van der Waals surface area contributed by atoms with Crippen LogP contribution in [0.3, 0.4) is 0 Å². The summed E-state index contributed by atoms with van der Waals surface area (Å²) < 4.78 is 0. The van der Waals surface area contributed by atoms with Crippen LogP contribution in [0.2, 0.25) is 0 Å². The molecular formula is C24H31N3O2. The Kier molecular flexibility index (Phi) is 6.20. The van der Waals surface area contributed by atoms with Crippen molar-refractivity contribution in [2.75, 3.05) is 6.61 Å². The molecular weight excluding hydrogens is 362 g/mol. The highest BCUT2D eigenvalue weighted by Crippen LogP contribution is 2.44. The molecule has 3 atom stereocenters. The van der Waals surface area contributed by atoms with E-state index in [4.69, 9.17) is 0 Å². The molecule has 0 bridgehead atoms. The third-order valence-electron chi connectivity index (χ3n) is 6.86. The van der Waals surface area contributed by atoms with Crippen molar-refractivity contribution >= 4 is 11.6 Å². The first-order valence-corrected chi connectivity index (χ1v) is 11.1. The number of aliphatic hydroxyl groups excluding tert-OH is 1. The van der Waals surface area contributed by atoms with Crippen LogP contribution >= 0.6 is 0 Å². The van der Waals surface area contributed by atoms with E-state index in [0.717, 1.165) is 44.1 Å². The molecule has 5 nitrogen and oxygen atoms in total. The van der Waals surface area contributed by atoms with Crippen molar-refractivity contribution in [3.8, 4) is 6.07 Å². The standard InChI is InChI=1S/C24H31N3O2/c25-15-21-23(20-14-8-7-13-19(20)17-9-3-1-4-10-17)22(16-28)27(21)24(29)26-18-11-5-2-6-12-18/h7-9,13-14,18,21-23,28H,1-6,10-12,16H2,(H,26,29)/t21-,22-,23-/m1/s1. The van der Waals surface area contributed by atoms with Crippen LogP contribution in [0.25, 0.3) is 5.57 Å². The predicted octanol–water partition coefficient (Wildman–Crippen LogP) is 4.34. The van der Waals surface area contributed by atoms with Crippen molar-refractivity contribution in [1.29, 1.82) is 5.26 Å². The van der Waals surface area contributed by atoms with E-state index in [2.05, 4.69) is 29.6 Å². The lowest BCUT2D eigenvalue weighted by Gasteiger charge is -2.52. The summed E-state index contributed by atoms with van der Waals surface area (Å²) >= 11 is 0. The molecule has 2 aliphatic carbocycles. The van der Waals surface area contributed by atoms with Crippen LogP contribution in [0.1, 0.15) is 74.8 Å². The number of nitrogens with zero attached hydrogens (tertiary/aromatic N) is 2. The van der Waals surface area contributed by atoms with Crippen molar-refractivity contribution in [2.45, 2.75) is 81.8 Å². The van der Waals surface area contributed by atoms with Gasteiger partial charge in [0.15, 0.2) is 0 Å². The van der Waals surface area contributed by atoms with E-state index in [1.807, 2.05) is 12.1 Å². The zero-order valence-electron chi connectivity index (χ0n) is 17.0. The summed E-state index contributed by atoms with van der Waals surface area (Å²) in [6, 6.07) is 9.67.